The molecule has 1 aromatic carbocycles. The lowest BCUT2D eigenvalue weighted by Gasteiger charge is -2.01. The number of allylic oxidation sites excluding steroid dienone is 1. The zero-order valence-corrected chi connectivity index (χ0v) is 10.1. The molecule has 0 radical (unpaired) electrons. The van der Waals surface area contributed by atoms with Gasteiger partial charge in [-0.25, -0.2) is 0 Å². The number of benzene rings is 1. The molecule has 0 aliphatic heterocycles. The van der Waals surface area contributed by atoms with Crippen LogP contribution in [0.25, 0.3) is 11.6 Å². The summed E-state index contributed by atoms with van der Waals surface area (Å²) in [5, 5.41) is 9.87. The second-order valence-corrected chi connectivity index (χ2v) is 4.16. The standard InChI is InChI=1S/C14H11ClN2/c1-17-8-2-3-14(17)12(10-16)9-11-4-6-13(15)7-5-11/h2-9H,1H3/b12-9+. The highest BCUT2D eigenvalue weighted by Gasteiger charge is 2.03. The molecule has 0 saturated carbocycles. The summed E-state index contributed by atoms with van der Waals surface area (Å²) in [7, 11) is 1.92. The predicted octanol–water partition coefficient (Wildman–Crippen LogP) is 3.74. The van der Waals surface area contributed by atoms with Crippen LogP contribution in [0.15, 0.2) is 42.6 Å². The molecule has 0 spiro atoms. The molecular weight excluding hydrogens is 232 g/mol. The first-order valence-electron chi connectivity index (χ1n) is 5.20. The van der Waals surface area contributed by atoms with Gasteiger partial charge in [0.25, 0.3) is 0 Å². The summed E-state index contributed by atoms with van der Waals surface area (Å²) in [6, 6.07) is 13.5. The van der Waals surface area contributed by atoms with Gasteiger partial charge in [0.15, 0.2) is 0 Å². The second-order valence-electron chi connectivity index (χ2n) is 3.73. The number of hydrogen-bond acceptors (Lipinski definition) is 1. The molecule has 1 aromatic heterocycles. The number of halogens is 1. The molecule has 0 fully saturated rings. The highest BCUT2D eigenvalue weighted by molar-refractivity contribution is 6.30. The maximum absolute atomic E-state index is 9.18. The van der Waals surface area contributed by atoms with Gasteiger partial charge in [0.2, 0.25) is 0 Å². The van der Waals surface area contributed by atoms with E-state index in [9.17, 15) is 5.26 Å². The van der Waals surface area contributed by atoms with Crippen molar-refractivity contribution in [3.05, 3.63) is 58.9 Å². The van der Waals surface area contributed by atoms with Gasteiger partial charge in [0.1, 0.15) is 6.07 Å². The topological polar surface area (TPSA) is 28.7 Å². The molecule has 0 amide bonds. The van der Waals surface area contributed by atoms with E-state index in [-0.39, 0.29) is 0 Å². The van der Waals surface area contributed by atoms with Crippen molar-refractivity contribution < 1.29 is 0 Å². The third-order valence-electron chi connectivity index (χ3n) is 2.52. The Balaban J connectivity index is 2.41. The van der Waals surface area contributed by atoms with E-state index >= 15 is 0 Å². The maximum Gasteiger partial charge on any atom is 0.101 e. The van der Waals surface area contributed by atoms with Gasteiger partial charge < -0.3 is 4.57 Å². The number of hydrogen-bond donors (Lipinski definition) is 0. The molecule has 0 atom stereocenters. The first-order chi connectivity index (χ1) is 8.20. The van der Waals surface area contributed by atoms with E-state index in [4.69, 9.17) is 11.6 Å². The highest BCUT2D eigenvalue weighted by Crippen LogP contribution is 2.18. The molecule has 0 aliphatic rings. The Morgan fingerprint density at radius 2 is 2.00 bits per heavy atom. The van der Waals surface area contributed by atoms with Crippen LogP contribution in [0.1, 0.15) is 11.3 Å². The summed E-state index contributed by atoms with van der Waals surface area (Å²) in [6.45, 7) is 0. The fourth-order valence-electron chi connectivity index (χ4n) is 1.63. The minimum absolute atomic E-state index is 0.639. The van der Waals surface area contributed by atoms with Gasteiger partial charge in [0.05, 0.1) is 11.3 Å². The molecule has 2 aromatic rings. The van der Waals surface area contributed by atoms with E-state index in [0.29, 0.717) is 10.6 Å². The van der Waals surface area contributed by atoms with Crippen LogP contribution in [0.2, 0.25) is 5.02 Å². The van der Waals surface area contributed by atoms with Crippen molar-refractivity contribution in [3.8, 4) is 6.07 Å². The molecule has 2 rings (SSSR count). The fourth-order valence-corrected chi connectivity index (χ4v) is 1.76. The second kappa shape index (κ2) is 4.90. The minimum Gasteiger partial charge on any atom is -0.350 e. The van der Waals surface area contributed by atoms with E-state index in [1.54, 1.807) is 0 Å². The van der Waals surface area contributed by atoms with Gasteiger partial charge in [-0.3, -0.25) is 0 Å². The van der Waals surface area contributed by atoms with Crippen LogP contribution in [0, 0.1) is 11.3 Å². The van der Waals surface area contributed by atoms with E-state index < -0.39 is 0 Å². The largest absolute Gasteiger partial charge is 0.350 e. The van der Waals surface area contributed by atoms with Crippen LogP contribution in [-0.2, 0) is 7.05 Å². The van der Waals surface area contributed by atoms with Crippen LogP contribution < -0.4 is 0 Å². The molecule has 0 saturated heterocycles. The van der Waals surface area contributed by atoms with Crippen LogP contribution in [0.5, 0.6) is 0 Å². The molecule has 0 unspecified atom stereocenters. The molecule has 0 N–H and O–H groups in total. The normalized spacial score (nSPS) is 11.2. The Kier molecular flexibility index (Phi) is 3.32. The number of nitrogens with zero attached hydrogens (tertiary/aromatic N) is 2. The summed E-state index contributed by atoms with van der Waals surface area (Å²) in [4.78, 5) is 0. The Bertz CT molecular complexity index is 585. The van der Waals surface area contributed by atoms with Gasteiger partial charge in [-0.05, 0) is 35.9 Å². The molecule has 3 heteroatoms. The van der Waals surface area contributed by atoms with Crippen LogP contribution in [-0.4, -0.2) is 4.57 Å². The molecular formula is C14H11ClN2. The van der Waals surface area contributed by atoms with Crippen molar-refractivity contribution in [2.45, 2.75) is 0 Å². The quantitative estimate of drug-likeness (QED) is 0.738. The molecule has 1 heterocycles. The first-order valence-corrected chi connectivity index (χ1v) is 5.57. The zero-order valence-electron chi connectivity index (χ0n) is 9.39. The van der Waals surface area contributed by atoms with Crippen LogP contribution in [0.4, 0.5) is 0 Å². The van der Waals surface area contributed by atoms with E-state index in [1.165, 1.54) is 0 Å². The van der Waals surface area contributed by atoms with Crippen molar-refractivity contribution in [1.82, 2.24) is 4.57 Å². The third kappa shape index (κ3) is 2.58. The number of rotatable bonds is 2. The van der Waals surface area contributed by atoms with Crippen molar-refractivity contribution in [2.24, 2.45) is 7.05 Å². The SMILES string of the molecule is Cn1cccc1/C(C#N)=C/c1ccc(Cl)cc1. The van der Waals surface area contributed by atoms with Crippen LogP contribution >= 0.6 is 11.6 Å². The Morgan fingerprint density at radius 1 is 1.29 bits per heavy atom. The third-order valence-corrected chi connectivity index (χ3v) is 2.77. The van der Waals surface area contributed by atoms with E-state index in [0.717, 1.165) is 11.3 Å². The summed E-state index contributed by atoms with van der Waals surface area (Å²) in [5.74, 6) is 0. The van der Waals surface area contributed by atoms with Crippen molar-refractivity contribution >= 4 is 23.3 Å². The van der Waals surface area contributed by atoms with Crippen molar-refractivity contribution in [2.75, 3.05) is 0 Å². The molecule has 0 aliphatic carbocycles. The van der Waals surface area contributed by atoms with Gasteiger partial charge in [-0.15, -0.1) is 0 Å². The fraction of sp³-hybridized carbons (Fsp3) is 0.0714. The smallest absolute Gasteiger partial charge is 0.101 e. The zero-order chi connectivity index (χ0) is 12.3. The van der Waals surface area contributed by atoms with Gasteiger partial charge in [-0.1, -0.05) is 23.7 Å². The number of aryl methyl sites for hydroxylation is 1. The van der Waals surface area contributed by atoms with Gasteiger partial charge in [-0.2, -0.15) is 5.26 Å². The molecule has 84 valence electrons. The lowest BCUT2D eigenvalue weighted by Crippen LogP contribution is -1.92. The lowest BCUT2D eigenvalue weighted by atomic mass is 10.1. The Morgan fingerprint density at radius 3 is 2.53 bits per heavy atom. The van der Waals surface area contributed by atoms with Crippen molar-refractivity contribution in [1.29, 1.82) is 5.26 Å². The number of nitriles is 1. The molecule has 2 nitrogen and oxygen atoms in total. The van der Waals surface area contributed by atoms with Gasteiger partial charge in [0, 0.05) is 18.3 Å². The molecule has 0 bridgehead atoms. The number of aromatic nitrogens is 1. The predicted molar refractivity (Wildman–Crippen MR) is 70.3 cm³/mol. The lowest BCUT2D eigenvalue weighted by molar-refractivity contribution is 0.911. The van der Waals surface area contributed by atoms with Gasteiger partial charge >= 0.3 is 0 Å². The minimum atomic E-state index is 0.639. The highest BCUT2D eigenvalue weighted by atomic mass is 35.5. The first kappa shape index (κ1) is 11.5. The van der Waals surface area contributed by atoms with Crippen molar-refractivity contribution in [3.63, 3.8) is 0 Å². The summed E-state index contributed by atoms with van der Waals surface area (Å²) >= 11 is 5.82. The van der Waals surface area contributed by atoms with E-state index in [2.05, 4.69) is 6.07 Å². The monoisotopic (exact) mass is 242 g/mol. The Labute approximate surface area is 105 Å². The summed E-state index contributed by atoms with van der Waals surface area (Å²) in [6.07, 6.45) is 3.77. The van der Waals surface area contributed by atoms with Crippen LogP contribution in [0.3, 0.4) is 0 Å². The Hall–Kier alpha value is -1.98. The average molecular weight is 243 g/mol. The summed E-state index contributed by atoms with van der Waals surface area (Å²) in [5.41, 5.74) is 2.51. The molecule has 17 heavy (non-hydrogen) atoms. The van der Waals surface area contributed by atoms with E-state index in [1.807, 2.05) is 60.3 Å². The average Bonchev–Trinajstić information content (AvgIpc) is 2.75. The summed E-state index contributed by atoms with van der Waals surface area (Å²) < 4.78 is 1.92. The maximum atomic E-state index is 9.18.